The monoisotopic (exact) mass is 313 g/mol. The molecule has 22 heavy (non-hydrogen) atoms. The minimum absolute atomic E-state index is 0.0901. The smallest absolute Gasteiger partial charge is 0.255 e. The van der Waals surface area contributed by atoms with E-state index >= 15 is 0 Å². The fourth-order valence-electron chi connectivity index (χ4n) is 2.53. The molecule has 1 saturated heterocycles. The zero-order valence-electron chi connectivity index (χ0n) is 12.6. The highest BCUT2D eigenvalue weighted by Gasteiger charge is 2.22. The van der Waals surface area contributed by atoms with Crippen LogP contribution in [-0.4, -0.2) is 37.1 Å². The summed E-state index contributed by atoms with van der Waals surface area (Å²) >= 11 is 1.60. The van der Waals surface area contributed by atoms with Crippen molar-refractivity contribution >= 4 is 28.9 Å². The quantitative estimate of drug-likeness (QED) is 0.812. The maximum Gasteiger partial charge on any atom is 0.255 e. The van der Waals surface area contributed by atoms with E-state index in [1.165, 1.54) is 5.56 Å². The second-order valence-electron chi connectivity index (χ2n) is 5.35. The van der Waals surface area contributed by atoms with Crippen molar-refractivity contribution in [3.8, 4) is 0 Å². The summed E-state index contributed by atoms with van der Waals surface area (Å²) in [7, 11) is 0. The van der Waals surface area contributed by atoms with Crippen LogP contribution in [0.25, 0.3) is 11.6 Å². The first kappa shape index (κ1) is 15.0. The molecule has 114 valence electrons. The van der Waals surface area contributed by atoms with E-state index in [9.17, 15) is 4.79 Å². The number of thiophene rings is 1. The number of benzene rings is 1. The van der Waals surface area contributed by atoms with Crippen LogP contribution in [0.4, 0.5) is 0 Å². The summed E-state index contributed by atoms with van der Waals surface area (Å²) in [6.45, 7) is 4.62. The zero-order chi connectivity index (χ0) is 15.4. The molecule has 0 N–H and O–H groups in total. The molecule has 4 heteroatoms. The fourth-order valence-corrected chi connectivity index (χ4v) is 3.27. The van der Waals surface area contributed by atoms with E-state index in [4.69, 9.17) is 4.74 Å². The molecule has 0 atom stereocenters. The highest BCUT2D eigenvalue weighted by Crippen LogP contribution is 2.25. The number of amides is 1. The van der Waals surface area contributed by atoms with E-state index in [-0.39, 0.29) is 5.91 Å². The van der Waals surface area contributed by atoms with Gasteiger partial charge in [-0.3, -0.25) is 4.79 Å². The minimum atomic E-state index is 0.0901. The van der Waals surface area contributed by atoms with Gasteiger partial charge >= 0.3 is 0 Å². The van der Waals surface area contributed by atoms with E-state index in [0.717, 1.165) is 16.0 Å². The number of carbonyl (C=O) groups excluding carboxylic acids is 1. The van der Waals surface area contributed by atoms with E-state index in [0.29, 0.717) is 26.3 Å². The number of nitrogens with zero attached hydrogens (tertiary/aromatic N) is 1. The summed E-state index contributed by atoms with van der Waals surface area (Å²) in [5, 5.41) is 2.01. The first-order valence-corrected chi connectivity index (χ1v) is 8.31. The van der Waals surface area contributed by atoms with Gasteiger partial charge in [-0.25, -0.2) is 0 Å². The SMILES string of the molecule is Cc1cccc(/C=C(/C(=O)N2CCOCC2)c2cccs2)c1. The van der Waals surface area contributed by atoms with Crippen LogP contribution in [0.3, 0.4) is 0 Å². The van der Waals surface area contributed by atoms with Gasteiger partial charge < -0.3 is 9.64 Å². The Morgan fingerprint density at radius 3 is 2.73 bits per heavy atom. The van der Waals surface area contributed by atoms with Crippen molar-refractivity contribution < 1.29 is 9.53 Å². The third-order valence-electron chi connectivity index (χ3n) is 3.67. The standard InChI is InChI=1S/C18H19NO2S/c1-14-4-2-5-15(12-14)13-16(17-6-3-11-22-17)18(20)19-7-9-21-10-8-19/h2-6,11-13H,7-10H2,1H3/b16-13+. The number of rotatable bonds is 3. The Hall–Kier alpha value is -1.91. The molecule has 0 aliphatic carbocycles. The second kappa shape index (κ2) is 6.90. The third kappa shape index (κ3) is 3.46. The van der Waals surface area contributed by atoms with Crippen molar-refractivity contribution in [3.05, 3.63) is 57.8 Å². The lowest BCUT2D eigenvalue weighted by Gasteiger charge is -2.27. The molecule has 0 radical (unpaired) electrons. The van der Waals surface area contributed by atoms with Gasteiger partial charge in [-0.1, -0.05) is 35.9 Å². The van der Waals surface area contributed by atoms with Crippen molar-refractivity contribution in [2.24, 2.45) is 0 Å². The van der Waals surface area contributed by atoms with Crippen LogP contribution < -0.4 is 0 Å². The third-order valence-corrected chi connectivity index (χ3v) is 4.57. The number of aryl methyl sites for hydroxylation is 1. The van der Waals surface area contributed by atoms with Crippen molar-refractivity contribution in [2.45, 2.75) is 6.92 Å². The highest BCUT2D eigenvalue weighted by atomic mass is 32.1. The molecule has 1 aliphatic rings. The molecule has 0 unspecified atom stereocenters. The zero-order valence-corrected chi connectivity index (χ0v) is 13.4. The Kier molecular flexibility index (Phi) is 4.71. The van der Waals surface area contributed by atoms with Gasteiger partial charge in [0.15, 0.2) is 0 Å². The number of ether oxygens (including phenoxy) is 1. The number of carbonyl (C=O) groups is 1. The minimum Gasteiger partial charge on any atom is -0.378 e. The molecular formula is C18H19NO2S. The Balaban J connectivity index is 1.95. The van der Waals surface area contributed by atoms with Gasteiger partial charge in [0.1, 0.15) is 0 Å². The van der Waals surface area contributed by atoms with E-state index in [1.54, 1.807) is 11.3 Å². The molecule has 1 fully saturated rings. The van der Waals surface area contributed by atoms with Crippen LogP contribution in [-0.2, 0) is 9.53 Å². The summed E-state index contributed by atoms with van der Waals surface area (Å²) in [5.41, 5.74) is 3.02. The van der Waals surface area contributed by atoms with Crippen LogP contribution in [0.15, 0.2) is 41.8 Å². The van der Waals surface area contributed by atoms with Gasteiger partial charge in [0.05, 0.1) is 18.8 Å². The van der Waals surface area contributed by atoms with Gasteiger partial charge in [0.25, 0.3) is 5.91 Å². The molecule has 2 aromatic rings. The Morgan fingerprint density at radius 1 is 1.23 bits per heavy atom. The molecule has 2 heterocycles. The molecule has 1 amide bonds. The average molecular weight is 313 g/mol. The van der Waals surface area contributed by atoms with Crippen LogP contribution >= 0.6 is 11.3 Å². The molecule has 1 aromatic carbocycles. The highest BCUT2D eigenvalue weighted by molar-refractivity contribution is 7.11. The van der Waals surface area contributed by atoms with Crippen LogP contribution in [0.2, 0.25) is 0 Å². The summed E-state index contributed by atoms with van der Waals surface area (Å²) in [6.07, 6.45) is 2.00. The lowest BCUT2D eigenvalue weighted by Crippen LogP contribution is -2.41. The van der Waals surface area contributed by atoms with Gasteiger partial charge in [0.2, 0.25) is 0 Å². The Labute approximate surface area is 134 Å². The van der Waals surface area contributed by atoms with Crippen molar-refractivity contribution in [3.63, 3.8) is 0 Å². The predicted octanol–water partition coefficient (Wildman–Crippen LogP) is 3.46. The second-order valence-corrected chi connectivity index (χ2v) is 6.30. The van der Waals surface area contributed by atoms with E-state index in [2.05, 4.69) is 19.1 Å². The Morgan fingerprint density at radius 2 is 2.05 bits per heavy atom. The summed E-state index contributed by atoms with van der Waals surface area (Å²) < 4.78 is 5.34. The van der Waals surface area contributed by atoms with Crippen molar-refractivity contribution in [1.82, 2.24) is 4.90 Å². The fraction of sp³-hybridized carbons (Fsp3) is 0.278. The maximum atomic E-state index is 12.9. The van der Waals surface area contributed by atoms with E-state index < -0.39 is 0 Å². The van der Waals surface area contributed by atoms with Crippen LogP contribution in [0.5, 0.6) is 0 Å². The van der Waals surface area contributed by atoms with Crippen molar-refractivity contribution in [1.29, 1.82) is 0 Å². The summed E-state index contributed by atoms with van der Waals surface area (Å²) in [4.78, 5) is 15.8. The summed E-state index contributed by atoms with van der Waals surface area (Å²) in [6, 6.07) is 12.2. The van der Waals surface area contributed by atoms with E-state index in [1.807, 2.05) is 40.6 Å². The molecule has 3 rings (SSSR count). The first-order valence-electron chi connectivity index (χ1n) is 7.43. The van der Waals surface area contributed by atoms with Gasteiger partial charge in [-0.2, -0.15) is 0 Å². The average Bonchev–Trinajstić information content (AvgIpc) is 3.07. The molecular weight excluding hydrogens is 294 g/mol. The Bertz CT molecular complexity index is 670. The normalized spacial score (nSPS) is 15.9. The van der Waals surface area contributed by atoms with Gasteiger partial charge in [0, 0.05) is 18.0 Å². The lowest BCUT2D eigenvalue weighted by molar-refractivity contribution is -0.128. The molecule has 1 aromatic heterocycles. The van der Waals surface area contributed by atoms with Gasteiger partial charge in [-0.15, -0.1) is 11.3 Å². The maximum absolute atomic E-state index is 12.9. The molecule has 3 nitrogen and oxygen atoms in total. The number of hydrogen-bond acceptors (Lipinski definition) is 3. The molecule has 1 aliphatic heterocycles. The van der Waals surface area contributed by atoms with Crippen molar-refractivity contribution in [2.75, 3.05) is 26.3 Å². The first-order chi connectivity index (χ1) is 10.7. The predicted molar refractivity (Wildman–Crippen MR) is 90.8 cm³/mol. The van der Waals surface area contributed by atoms with Gasteiger partial charge in [-0.05, 0) is 30.0 Å². The van der Waals surface area contributed by atoms with Crippen LogP contribution in [0.1, 0.15) is 16.0 Å². The number of morpholine rings is 1. The van der Waals surface area contributed by atoms with Crippen LogP contribution in [0, 0.1) is 6.92 Å². The topological polar surface area (TPSA) is 29.5 Å². The number of hydrogen-bond donors (Lipinski definition) is 0. The largest absolute Gasteiger partial charge is 0.378 e. The molecule has 0 saturated carbocycles. The molecule has 0 bridgehead atoms. The summed E-state index contributed by atoms with van der Waals surface area (Å²) in [5.74, 6) is 0.0901. The lowest BCUT2D eigenvalue weighted by atomic mass is 10.1. The molecule has 0 spiro atoms.